The number of hydrogen-bond acceptors (Lipinski definition) is 5. The molecule has 0 radical (unpaired) electrons. The Morgan fingerprint density at radius 2 is 2.00 bits per heavy atom. The minimum Gasteiger partial charge on any atom is -0.332 e. The molecule has 0 amide bonds. The highest BCUT2D eigenvalue weighted by molar-refractivity contribution is 5.47. The molecule has 21 heavy (non-hydrogen) atoms. The third kappa shape index (κ3) is 2.60. The van der Waals surface area contributed by atoms with Crippen molar-refractivity contribution in [2.45, 2.75) is 50.4 Å². The molecule has 1 saturated carbocycles. The van der Waals surface area contributed by atoms with Crippen molar-refractivity contribution in [3.63, 3.8) is 0 Å². The summed E-state index contributed by atoms with van der Waals surface area (Å²) in [5, 5.41) is 15.0. The lowest BCUT2D eigenvalue weighted by Gasteiger charge is -2.17. The zero-order chi connectivity index (χ0) is 14.1. The normalized spacial score (nSPS) is 23.7. The molecular weight excluding hydrogens is 266 g/mol. The molecule has 112 valence electrons. The fraction of sp³-hybridized carbons (Fsp3) is 0.667. The van der Waals surface area contributed by atoms with Gasteiger partial charge in [-0.1, -0.05) is 24.4 Å². The summed E-state index contributed by atoms with van der Waals surface area (Å²) in [4.78, 5) is 4.57. The van der Waals surface area contributed by atoms with Crippen molar-refractivity contribution < 1.29 is 4.52 Å². The summed E-state index contributed by atoms with van der Waals surface area (Å²) < 4.78 is 5.42. The van der Waals surface area contributed by atoms with Gasteiger partial charge in [0.1, 0.15) is 0 Å². The van der Waals surface area contributed by atoms with E-state index in [-0.39, 0.29) is 0 Å². The molecule has 2 aromatic heterocycles. The molecule has 6 heteroatoms. The summed E-state index contributed by atoms with van der Waals surface area (Å²) in [6.07, 6.45) is 7.39. The largest absolute Gasteiger partial charge is 0.332 e. The van der Waals surface area contributed by atoms with Gasteiger partial charge in [-0.25, -0.2) is 0 Å². The van der Waals surface area contributed by atoms with E-state index in [1.807, 2.05) is 0 Å². The van der Waals surface area contributed by atoms with E-state index in [9.17, 15) is 0 Å². The van der Waals surface area contributed by atoms with E-state index in [1.165, 1.54) is 32.1 Å². The van der Waals surface area contributed by atoms with E-state index in [1.54, 1.807) is 0 Å². The van der Waals surface area contributed by atoms with Gasteiger partial charge < -0.3 is 9.84 Å². The van der Waals surface area contributed by atoms with Gasteiger partial charge in [0, 0.05) is 24.1 Å². The molecule has 2 aliphatic rings. The molecule has 1 aliphatic heterocycles. The summed E-state index contributed by atoms with van der Waals surface area (Å²) in [7, 11) is 0. The number of H-pyrrole nitrogens is 1. The highest BCUT2D eigenvalue weighted by Crippen LogP contribution is 2.32. The van der Waals surface area contributed by atoms with Crippen molar-refractivity contribution >= 4 is 0 Å². The molecule has 1 saturated heterocycles. The summed E-state index contributed by atoms with van der Waals surface area (Å²) in [6, 6.07) is 2.05. The minimum absolute atomic E-state index is 0.466. The number of hydrogen-bond donors (Lipinski definition) is 2. The van der Waals surface area contributed by atoms with Crippen LogP contribution in [0.4, 0.5) is 0 Å². The van der Waals surface area contributed by atoms with Crippen molar-refractivity contribution in [2.24, 2.45) is 0 Å². The van der Waals surface area contributed by atoms with Gasteiger partial charge in [-0.2, -0.15) is 10.1 Å². The first kappa shape index (κ1) is 13.0. The van der Waals surface area contributed by atoms with Crippen LogP contribution in [-0.2, 0) is 0 Å². The van der Waals surface area contributed by atoms with Gasteiger partial charge in [0.2, 0.25) is 0 Å². The fourth-order valence-electron chi connectivity index (χ4n) is 3.44. The second-order valence-electron chi connectivity index (χ2n) is 6.19. The van der Waals surface area contributed by atoms with Crippen LogP contribution >= 0.6 is 0 Å². The van der Waals surface area contributed by atoms with Crippen LogP contribution in [0.3, 0.4) is 0 Å². The molecule has 3 heterocycles. The van der Waals surface area contributed by atoms with Crippen LogP contribution < -0.4 is 5.32 Å². The maximum absolute atomic E-state index is 5.42. The molecular formula is C15H21N5O. The molecule has 2 aromatic rings. The summed E-state index contributed by atoms with van der Waals surface area (Å²) in [5.41, 5.74) is 1.93. The van der Waals surface area contributed by atoms with E-state index in [0.717, 1.165) is 36.7 Å². The van der Waals surface area contributed by atoms with Crippen molar-refractivity contribution in [1.29, 1.82) is 0 Å². The molecule has 1 atom stereocenters. The second kappa shape index (κ2) is 5.60. The molecule has 1 aliphatic carbocycles. The molecule has 6 nitrogen and oxygen atoms in total. The number of aromatic amines is 1. The highest BCUT2D eigenvalue weighted by Gasteiger charge is 2.23. The van der Waals surface area contributed by atoms with E-state index in [0.29, 0.717) is 17.7 Å². The Balaban J connectivity index is 1.52. The van der Waals surface area contributed by atoms with Crippen LogP contribution in [0.1, 0.15) is 61.9 Å². The second-order valence-corrected chi connectivity index (χ2v) is 6.19. The molecule has 0 bridgehead atoms. The summed E-state index contributed by atoms with van der Waals surface area (Å²) in [6.45, 7) is 2.09. The van der Waals surface area contributed by atoms with Crippen molar-refractivity contribution in [3.05, 3.63) is 17.6 Å². The van der Waals surface area contributed by atoms with Crippen LogP contribution in [0.5, 0.6) is 0 Å². The Labute approximate surface area is 123 Å². The average Bonchev–Trinajstić information content (AvgIpc) is 3.27. The molecule has 2 fully saturated rings. The van der Waals surface area contributed by atoms with Crippen LogP contribution in [0, 0.1) is 0 Å². The van der Waals surface area contributed by atoms with Gasteiger partial charge >= 0.3 is 0 Å². The van der Waals surface area contributed by atoms with Crippen molar-refractivity contribution in [1.82, 2.24) is 25.7 Å². The number of rotatable bonds is 3. The molecule has 2 N–H and O–H groups in total. The average molecular weight is 287 g/mol. The van der Waals surface area contributed by atoms with Crippen LogP contribution in [0.2, 0.25) is 0 Å². The van der Waals surface area contributed by atoms with Crippen LogP contribution in [0.15, 0.2) is 10.6 Å². The van der Waals surface area contributed by atoms with E-state index >= 15 is 0 Å². The lowest BCUT2D eigenvalue weighted by molar-refractivity contribution is 0.385. The Hall–Kier alpha value is -1.69. The third-order valence-electron chi connectivity index (χ3n) is 4.73. The number of nitrogens with one attached hydrogen (secondary N) is 2. The SMILES string of the molecule is c1c(-c2nc(C3CCCCC3)no2)n[nH]c1C1CCNC1. The third-order valence-corrected chi connectivity index (χ3v) is 4.73. The summed E-state index contributed by atoms with van der Waals surface area (Å²) >= 11 is 0. The zero-order valence-corrected chi connectivity index (χ0v) is 12.1. The maximum atomic E-state index is 5.42. The Morgan fingerprint density at radius 3 is 2.81 bits per heavy atom. The topological polar surface area (TPSA) is 79.6 Å². The van der Waals surface area contributed by atoms with Gasteiger partial charge in [0.25, 0.3) is 5.89 Å². The first-order valence-electron chi connectivity index (χ1n) is 8.00. The Bertz CT molecular complexity index is 593. The zero-order valence-electron chi connectivity index (χ0n) is 12.1. The molecule has 0 aromatic carbocycles. The van der Waals surface area contributed by atoms with Crippen LogP contribution in [-0.4, -0.2) is 33.4 Å². The van der Waals surface area contributed by atoms with Gasteiger partial charge in [-0.15, -0.1) is 0 Å². The lowest BCUT2D eigenvalue weighted by atomic mass is 9.89. The standard InChI is InChI=1S/C15H21N5O/c1-2-4-10(5-3-1)14-17-15(21-20-14)13-8-12(18-19-13)11-6-7-16-9-11/h8,10-11,16H,1-7,9H2,(H,18,19). The fourth-order valence-corrected chi connectivity index (χ4v) is 3.44. The van der Waals surface area contributed by atoms with E-state index < -0.39 is 0 Å². The predicted molar refractivity (Wildman–Crippen MR) is 77.9 cm³/mol. The highest BCUT2D eigenvalue weighted by atomic mass is 16.5. The van der Waals surface area contributed by atoms with Gasteiger partial charge in [-0.3, -0.25) is 5.10 Å². The van der Waals surface area contributed by atoms with E-state index in [4.69, 9.17) is 4.52 Å². The van der Waals surface area contributed by atoms with Gasteiger partial charge in [0.05, 0.1) is 0 Å². The van der Waals surface area contributed by atoms with Gasteiger partial charge in [-0.05, 0) is 31.9 Å². The maximum Gasteiger partial charge on any atom is 0.278 e. The van der Waals surface area contributed by atoms with Crippen LogP contribution in [0.25, 0.3) is 11.6 Å². The predicted octanol–water partition coefficient (Wildman–Crippen LogP) is 2.58. The van der Waals surface area contributed by atoms with Gasteiger partial charge in [0.15, 0.2) is 11.5 Å². The smallest absolute Gasteiger partial charge is 0.278 e. The molecule has 0 spiro atoms. The number of aromatic nitrogens is 4. The van der Waals surface area contributed by atoms with E-state index in [2.05, 4.69) is 31.7 Å². The quantitative estimate of drug-likeness (QED) is 0.907. The monoisotopic (exact) mass is 287 g/mol. The molecule has 4 rings (SSSR count). The first-order chi connectivity index (χ1) is 10.4. The van der Waals surface area contributed by atoms with Crippen molar-refractivity contribution in [2.75, 3.05) is 13.1 Å². The Kier molecular flexibility index (Phi) is 3.47. The number of nitrogens with zero attached hydrogens (tertiary/aromatic N) is 3. The lowest BCUT2D eigenvalue weighted by Crippen LogP contribution is -2.08. The first-order valence-corrected chi connectivity index (χ1v) is 8.00. The molecule has 1 unspecified atom stereocenters. The minimum atomic E-state index is 0.466. The van der Waals surface area contributed by atoms with Crippen molar-refractivity contribution in [3.8, 4) is 11.6 Å². The summed E-state index contributed by atoms with van der Waals surface area (Å²) in [5.74, 6) is 2.39. The Morgan fingerprint density at radius 1 is 1.10 bits per heavy atom.